The van der Waals surface area contributed by atoms with E-state index in [1.54, 1.807) is 36.1 Å². The number of hydrogen-bond acceptors (Lipinski definition) is 6. The Morgan fingerprint density at radius 1 is 1.05 bits per heavy atom. The molecular formula is C27H23Cl2N5O3. The molecule has 0 aliphatic carbocycles. The van der Waals surface area contributed by atoms with Crippen LogP contribution < -0.4 is 20.1 Å². The van der Waals surface area contributed by atoms with Crippen LogP contribution in [0.1, 0.15) is 24.1 Å². The van der Waals surface area contributed by atoms with Gasteiger partial charge < -0.3 is 20.1 Å². The fourth-order valence-corrected chi connectivity index (χ4v) is 4.46. The van der Waals surface area contributed by atoms with Crippen LogP contribution in [0.3, 0.4) is 0 Å². The summed E-state index contributed by atoms with van der Waals surface area (Å²) in [6.45, 7) is 2.10. The number of ether oxygens (including phenoxy) is 2. The molecule has 37 heavy (non-hydrogen) atoms. The zero-order valence-electron chi connectivity index (χ0n) is 20.0. The molecule has 5 rings (SSSR count). The summed E-state index contributed by atoms with van der Waals surface area (Å²) < 4.78 is 13.6. The molecule has 1 atom stereocenters. The Hall–Kier alpha value is -4.01. The minimum atomic E-state index is -0.638. The van der Waals surface area contributed by atoms with Gasteiger partial charge in [-0.3, -0.25) is 4.79 Å². The van der Waals surface area contributed by atoms with E-state index in [4.69, 9.17) is 32.7 Å². The molecule has 0 bridgehead atoms. The largest absolute Gasteiger partial charge is 0.493 e. The molecule has 188 valence electrons. The van der Waals surface area contributed by atoms with Crippen molar-refractivity contribution in [2.45, 2.75) is 19.6 Å². The number of carbonyl (C=O) groups excluding carboxylic acids is 1. The first-order valence-corrected chi connectivity index (χ1v) is 12.2. The number of nitrogens with one attached hydrogen (secondary N) is 2. The maximum absolute atomic E-state index is 13.7. The Morgan fingerprint density at radius 3 is 2.46 bits per heavy atom. The molecule has 0 radical (unpaired) electrons. The standard InChI is InChI=1S/C27H23Cl2N5O3/c1-16-23(26(35)33-20-12-10-19(29)11-13-20)24(34-27(32-16)30-15-31-34)21-4-3-5-22(36-2)25(21)37-14-17-6-8-18(28)9-7-17/h3-13,15,24H,14H2,1-2H3,(H,33,35)(H,30,31,32)/t24-/m0/s1. The van der Waals surface area contributed by atoms with Gasteiger partial charge in [0.15, 0.2) is 11.5 Å². The second kappa shape index (κ2) is 10.5. The summed E-state index contributed by atoms with van der Waals surface area (Å²) in [7, 11) is 1.58. The number of nitrogens with zero attached hydrogens (tertiary/aromatic N) is 3. The van der Waals surface area contributed by atoms with E-state index in [1.807, 2.05) is 49.4 Å². The lowest BCUT2D eigenvalue weighted by Crippen LogP contribution is -2.31. The highest BCUT2D eigenvalue weighted by Crippen LogP contribution is 2.43. The molecule has 2 heterocycles. The molecule has 1 aliphatic rings. The van der Waals surface area contributed by atoms with Gasteiger partial charge in [0.05, 0.1) is 12.7 Å². The summed E-state index contributed by atoms with van der Waals surface area (Å²) in [5.74, 6) is 1.24. The molecule has 0 spiro atoms. The van der Waals surface area contributed by atoms with Crippen molar-refractivity contribution in [2.24, 2.45) is 0 Å². The summed E-state index contributed by atoms with van der Waals surface area (Å²) in [6, 6.07) is 19.3. The van der Waals surface area contributed by atoms with Crippen LogP contribution in [0, 0.1) is 0 Å². The van der Waals surface area contributed by atoms with Crippen LogP contribution in [0.2, 0.25) is 10.0 Å². The number of methoxy groups -OCH3 is 1. The summed E-state index contributed by atoms with van der Waals surface area (Å²) >= 11 is 12.0. The SMILES string of the molecule is COc1cccc([C@H]2C(C(=O)Nc3ccc(Cl)cc3)=C(C)Nc3ncnn32)c1OCc1ccc(Cl)cc1. The number of halogens is 2. The number of allylic oxidation sites excluding steroid dienone is 1. The highest BCUT2D eigenvalue weighted by atomic mass is 35.5. The Balaban J connectivity index is 1.56. The van der Waals surface area contributed by atoms with E-state index < -0.39 is 6.04 Å². The van der Waals surface area contributed by atoms with Crippen molar-refractivity contribution < 1.29 is 14.3 Å². The van der Waals surface area contributed by atoms with Crippen molar-refractivity contribution in [1.82, 2.24) is 14.8 Å². The summed E-state index contributed by atoms with van der Waals surface area (Å²) in [5, 5.41) is 11.8. The number of benzene rings is 3. The van der Waals surface area contributed by atoms with Crippen molar-refractivity contribution >= 4 is 40.7 Å². The Labute approximate surface area is 223 Å². The number of aromatic nitrogens is 3. The number of carbonyl (C=O) groups is 1. The maximum Gasteiger partial charge on any atom is 0.255 e. The van der Waals surface area contributed by atoms with Crippen LogP contribution in [0.15, 0.2) is 84.3 Å². The highest BCUT2D eigenvalue weighted by molar-refractivity contribution is 6.30. The van der Waals surface area contributed by atoms with Crippen molar-refractivity contribution in [3.63, 3.8) is 0 Å². The molecule has 1 aliphatic heterocycles. The van der Waals surface area contributed by atoms with Gasteiger partial charge in [-0.05, 0) is 55.0 Å². The molecule has 1 amide bonds. The van der Waals surface area contributed by atoms with Crippen LogP contribution >= 0.6 is 23.2 Å². The fraction of sp³-hybridized carbons (Fsp3) is 0.148. The van der Waals surface area contributed by atoms with Crippen LogP contribution in [0.4, 0.5) is 11.6 Å². The van der Waals surface area contributed by atoms with Crippen molar-refractivity contribution in [2.75, 3.05) is 17.7 Å². The molecule has 0 unspecified atom stereocenters. The predicted molar refractivity (Wildman–Crippen MR) is 143 cm³/mol. The number of rotatable bonds is 7. The summed E-state index contributed by atoms with van der Waals surface area (Å²) in [5.41, 5.74) is 3.34. The Bertz CT molecular complexity index is 1470. The molecule has 4 aromatic rings. The third-order valence-corrected chi connectivity index (χ3v) is 6.47. The van der Waals surface area contributed by atoms with Gasteiger partial charge in [-0.25, -0.2) is 4.68 Å². The van der Waals surface area contributed by atoms with E-state index in [1.165, 1.54) is 6.33 Å². The second-order valence-corrected chi connectivity index (χ2v) is 9.22. The van der Waals surface area contributed by atoms with Crippen molar-refractivity contribution in [3.8, 4) is 11.5 Å². The maximum atomic E-state index is 13.7. The molecule has 8 nitrogen and oxygen atoms in total. The van der Waals surface area contributed by atoms with E-state index >= 15 is 0 Å². The Morgan fingerprint density at radius 2 is 1.76 bits per heavy atom. The first kappa shape index (κ1) is 24.7. The van der Waals surface area contributed by atoms with Gasteiger partial charge in [-0.2, -0.15) is 10.1 Å². The van der Waals surface area contributed by atoms with Crippen molar-refractivity contribution in [1.29, 1.82) is 0 Å². The van der Waals surface area contributed by atoms with Gasteiger partial charge in [0.1, 0.15) is 19.0 Å². The first-order valence-electron chi connectivity index (χ1n) is 11.4. The number of fused-ring (bicyclic) bond motifs is 1. The minimum Gasteiger partial charge on any atom is -0.493 e. The minimum absolute atomic E-state index is 0.273. The molecule has 0 saturated heterocycles. The van der Waals surface area contributed by atoms with E-state index in [9.17, 15) is 4.79 Å². The van der Waals surface area contributed by atoms with Gasteiger partial charge in [0.2, 0.25) is 5.95 Å². The highest BCUT2D eigenvalue weighted by Gasteiger charge is 2.36. The van der Waals surface area contributed by atoms with Crippen LogP contribution in [0.5, 0.6) is 11.5 Å². The van der Waals surface area contributed by atoms with E-state index in [0.717, 1.165) is 5.56 Å². The van der Waals surface area contributed by atoms with Gasteiger partial charge >= 0.3 is 0 Å². The van der Waals surface area contributed by atoms with Crippen LogP contribution in [-0.2, 0) is 11.4 Å². The van der Waals surface area contributed by atoms with Crippen LogP contribution in [-0.4, -0.2) is 27.8 Å². The average molecular weight is 536 g/mol. The smallest absolute Gasteiger partial charge is 0.255 e. The molecule has 1 aromatic heterocycles. The monoisotopic (exact) mass is 535 g/mol. The molecular weight excluding hydrogens is 513 g/mol. The van der Waals surface area contributed by atoms with Gasteiger partial charge in [0.25, 0.3) is 5.91 Å². The van der Waals surface area contributed by atoms with E-state index in [2.05, 4.69) is 20.7 Å². The zero-order valence-corrected chi connectivity index (χ0v) is 21.5. The average Bonchev–Trinajstić information content (AvgIpc) is 3.36. The van der Waals surface area contributed by atoms with Crippen molar-refractivity contribution in [3.05, 3.63) is 105 Å². The third kappa shape index (κ3) is 5.12. The lowest BCUT2D eigenvalue weighted by atomic mass is 9.94. The number of amides is 1. The summed E-state index contributed by atoms with van der Waals surface area (Å²) in [4.78, 5) is 18.0. The lowest BCUT2D eigenvalue weighted by molar-refractivity contribution is -0.113. The first-order chi connectivity index (χ1) is 17.9. The third-order valence-electron chi connectivity index (χ3n) is 5.96. The number of hydrogen-bond donors (Lipinski definition) is 2. The number of anilines is 2. The molecule has 0 fully saturated rings. The zero-order chi connectivity index (χ0) is 25.9. The van der Waals surface area contributed by atoms with E-state index in [0.29, 0.717) is 50.0 Å². The topological polar surface area (TPSA) is 90.3 Å². The normalized spacial score (nSPS) is 14.5. The fourth-order valence-electron chi connectivity index (χ4n) is 4.20. The predicted octanol–water partition coefficient (Wildman–Crippen LogP) is 6.10. The summed E-state index contributed by atoms with van der Waals surface area (Å²) in [6.07, 6.45) is 1.44. The molecule has 2 N–H and O–H groups in total. The number of para-hydroxylation sites is 1. The molecule has 3 aromatic carbocycles. The quantitative estimate of drug-likeness (QED) is 0.297. The second-order valence-electron chi connectivity index (χ2n) is 8.35. The van der Waals surface area contributed by atoms with Gasteiger partial charge in [0, 0.05) is 27.0 Å². The van der Waals surface area contributed by atoms with E-state index in [-0.39, 0.29) is 12.5 Å². The van der Waals surface area contributed by atoms with Crippen LogP contribution in [0.25, 0.3) is 0 Å². The Kier molecular flexibility index (Phi) is 7.03. The lowest BCUT2D eigenvalue weighted by Gasteiger charge is -2.30. The van der Waals surface area contributed by atoms with Gasteiger partial charge in [-0.1, -0.05) is 47.5 Å². The molecule has 10 heteroatoms. The van der Waals surface area contributed by atoms with Gasteiger partial charge in [-0.15, -0.1) is 0 Å². The molecule has 0 saturated carbocycles.